The summed E-state index contributed by atoms with van der Waals surface area (Å²) < 4.78 is 10.4. The molecule has 1 aromatic rings. The lowest BCUT2D eigenvalue weighted by Crippen LogP contribution is -2.24. The largest absolute Gasteiger partial charge is 0.390 e. The summed E-state index contributed by atoms with van der Waals surface area (Å²) in [5, 5.41) is 7.30. The SMILES string of the molecule is CC(C)OCCN(C)c1nnc(N)o1. The van der Waals surface area contributed by atoms with Crippen molar-refractivity contribution in [1.29, 1.82) is 0 Å². The number of nitrogens with two attached hydrogens (primary N) is 1. The Balaban J connectivity index is 2.32. The number of aromatic nitrogens is 2. The van der Waals surface area contributed by atoms with Crippen LogP contribution < -0.4 is 10.6 Å². The van der Waals surface area contributed by atoms with E-state index >= 15 is 0 Å². The summed E-state index contributed by atoms with van der Waals surface area (Å²) in [6.07, 6.45) is 0.233. The zero-order chi connectivity index (χ0) is 10.6. The van der Waals surface area contributed by atoms with Crippen LogP contribution in [0.5, 0.6) is 0 Å². The minimum atomic E-state index is 0.0802. The molecule has 0 saturated carbocycles. The summed E-state index contributed by atoms with van der Waals surface area (Å²) in [6, 6.07) is 0.492. The second-order valence-electron chi connectivity index (χ2n) is 3.26. The monoisotopic (exact) mass is 200 g/mol. The number of hydrogen-bond donors (Lipinski definition) is 1. The third kappa shape index (κ3) is 3.21. The molecule has 0 unspecified atom stereocenters. The molecule has 0 fully saturated rings. The Hall–Kier alpha value is -1.30. The number of rotatable bonds is 5. The predicted molar refractivity (Wildman–Crippen MR) is 53.1 cm³/mol. The van der Waals surface area contributed by atoms with E-state index < -0.39 is 0 Å². The summed E-state index contributed by atoms with van der Waals surface area (Å²) in [7, 11) is 1.84. The Morgan fingerprint density at radius 3 is 2.71 bits per heavy atom. The molecule has 0 atom stereocenters. The number of likely N-dealkylation sites (N-methyl/N-ethyl adjacent to an activating group) is 1. The van der Waals surface area contributed by atoms with Crippen molar-refractivity contribution in [3.63, 3.8) is 0 Å². The minimum Gasteiger partial charge on any atom is -0.390 e. The van der Waals surface area contributed by atoms with Gasteiger partial charge >= 0.3 is 12.0 Å². The van der Waals surface area contributed by atoms with E-state index in [4.69, 9.17) is 14.9 Å². The Morgan fingerprint density at radius 2 is 2.21 bits per heavy atom. The molecule has 6 nitrogen and oxygen atoms in total. The second kappa shape index (κ2) is 4.80. The fraction of sp³-hybridized carbons (Fsp3) is 0.750. The van der Waals surface area contributed by atoms with Crippen LogP contribution in [0.3, 0.4) is 0 Å². The van der Waals surface area contributed by atoms with Gasteiger partial charge in [0.1, 0.15) is 0 Å². The lowest BCUT2D eigenvalue weighted by molar-refractivity contribution is 0.0841. The first-order valence-corrected chi connectivity index (χ1v) is 4.51. The average Bonchev–Trinajstić information content (AvgIpc) is 2.51. The highest BCUT2D eigenvalue weighted by Gasteiger charge is 2.08. The Morgan fingerprint density at radius 1 is 1.50 bits per heavy atom. The van der Waals surface area contributed by atoms with Crippen LogP contribution in [0.2, 0.25) is 0 Å². The molecular formula is C8H16N4O2. The molecule has 0 bridgehead atoms. The summed E-state index contributed by atoms with van der Waals surface area (Å²) >= 11 is 0. The Labute approximate surface area is 83.0 Å². The van der Waals surface area contributed by atoms with E-state index in [1.807, 2.05) is 20.9 Å². The highest BCUT2D eigenvalue weighted by molar-refractivity contribution is 5.25. The Bertz CT molecular complexity index is 274. The smallest absolute Gasteiger partial charge is 0.319 e. The van der Waals surface area contributed by atoms with Gasteiger partial charge in [0.2, 0.25) is 0 Å². The van der Waals surface area contributed by atoms with Crippen LogP contribution in [0.25, 0.3) is 0 Å². The van der Waals surface area contributed by atoms with Crippen molar-refractivity contribution in [3.8, 4) is 0 Å². The standard InChI is InChI=1S/C8H16N4O2/c1-6(2)13-5-4-12(3)8-11-10-7(9)14-8/h6H,4-5H2,1-3H3,(H2,9,10). The van der Waals surface area contributed by atoms with E-state index in [1.54, 1.807) is 4.90 Å². The first kappa shape index (κ1) is 10.8. The highest BCUT2D eigenvalue weighted by Crippen LogP contribution is 2.10. The van der Waals surface area contributed by atoms with Crippen molar-refractivity contribution in [2.45, 2.75) is 20.0 Å². The van der Waals surface area contributed by atoms with Gasteiger partial charge in [-0.05, 0) is 13.8 Å². The van der Waals surface area contributed by atoms with Gasteiger partial charge in [0, 0.05) is 13.6 Å². The third-order valence-corrected chi connectivity index (χ3v) is 1.63. The molecule has 0 aliphatic carbocycles. The van der Waals surface area contributed by atoms with E-state index in [-0.39, 0.29) is 12.1 Å². The zero-order valence-corrected chi connectivity index (χ0v) is 8.73. The first-order chi connectivity index (χ1) is 6.59. The first-order valence-electron chi connectivity index (χ1n) is 4.51. The van der Waals surface area contributed by atoms with Gasteiger partial charge in [-0.25, -0.2) is 0 Å². The molecule has 14 heavy (non-hydrogen) atoms. The molecule has 0 aromatic carbocycles. The topological polar surface area (TPSA) is 77.4 Å². The molecule has 0 aliphatic rings. The van der Waals surface area contributed by atoms with Gasteiger partial charge < -0.3 is 19.8 Å². The Kier molecular flexibility index (Phi) is 3.70. The molecule has 2 N–H and O–H groups in total. The molecule has 1 aromatic heterocycles. The molecule has 80 valence electrons. The van der Waals surface area contributed by atoms with Gasteiger partial charge in [-0.2, -0.15) is 0 Å². The van der Waals surface area contributed by atoms with Crippen molar-refractivity contribution < 1.29 is 9.15 Å². The molecule has 1 rings (SSSR count). The third-order valence-electron chi connectivity index (χ3n) is 1.63. The number of anilines is 2. The van der Waals surface area contributed by atoms with Gasteiger partial charge in [-0.3, -0.25) is 0 Å². The van der Waals surface area contributed by atoms with E-state index in [0.717, 1.165) is 0 Å². The van der Waals surface area contributed by atoms with Crippen molar-refractivity contribution in [2.24, 2.45) is 0 Å². The molecule has 0 saturated heterocycles. The fourth-order valence-corrected chi connectivity index (χ4v) is 0.902. The lowest BCUT2D eigenvalue weighted by Gasteiger charge is -2.14. The molecule has 6 heteroatoms. The van der Waals surface area contributed by atoms with Crippen molar-refractivity contribution in [3.05, 3.63) is 0 Å². The fourth-order valence-electron chi connectivity index (χ4n) is 0.902. The number of nitrogen functional groups attached to an aromatic ring is 1. The molecule has 0 radical (unpaired) electrons. The maximum atomic E-state index is 5.38. The number of ether oxygens (including phenoxy) is 1. The van der Waals surface area contributed by atoms with Crippen molar-refractivity contribution in [2.75, 3.05) is 30.8 Å². The van der Waals surface area contributed by atoms with E-state index in [9.17, 15) is 0 Å². The summed E-state index contributed by atoms with van der Waals surface area (Å²) in [6.45, 7) is 5.30. The molecular weight excluding hydrogens is 184 g/mol. The summed E-state index contributed by atoms with van der Waals surface area (Å²) in [4.78, 5) is 1.80. The van der Waals surface area contributed by atoms with Crippen LogP contribution in [-0.4, -0.2) is 36.5 Å². The van der Waals surface area contributed by atoms with Gasteiger partial charge in [0.25, 0.3) is 0 Å². The second-order valence-corrected chi connectivity index (χ2v) is 3.26. The van der Waals surface area contributed by atoms with Gasteiger partial charge in [-0.1, -0.05) is 10.2 Å². The molecule has 0 spiro atoms. The van der Waals surface area contributed by atoms with Crippen LogP contribution in [0, 0.1) is 0 Å². The lowest BCUT2D eigenvalue weighted by atomic mass is 10.5. The van der Waals surface area contributed by atoms with E-state index in [0.29, 0.717) is 19.2 Å². The predicted octanol–water partition coefficient (Wildman–Crippen LogP) is 0.513. The van der Waals surface area contributed by atoms with Gasteiger partial charge in [-0.15, -0.1) is 0 Å². The number of hydrogen-bond acceptors (Lipinski definition) is 6. The van der Waals surface area contributed by atoms with Crippen LogP contribution in [-0.2, 0) is 4.74 Å². The van der Waals surface area contributed by atoms with E-state index in [2.05, 4.69) is 10.2 Å². The summed E-state index contributed by atoms with van der Waals surface area (Å²) in [5.74, 6) is 0. The summed E-state index contributed by atoms with van der Waals surface area (Å²) in [5.41, 5.74) is 5.30. The zero-order valence-electron chi connectivity index (χ0n) is 8.73. The van der Waals surface area contributed by atoms with Crippen LogP contribution >= 0.6 is 0 Å². The van der Waals surface area contributed by atoms with Crippen LogP contribution in [0.1, 0.15) is 13.8 Å². The van der Waals surface area contributed by atoms with Gasteiger partial charge in [0.15, 0.2) is 0 Å². The van der Waals surface area contributed by atoms with E-state index in [1.165, 1.54) is 0 Å². The maximum Gasteiger partial charge on any atom is 0.319 e. The van der Waals surface area contributed by atoms with Crippen molar-refractivity contribution in [1.82, 2.24) is 10.2 Å². The van der Waals surface area contributed by atoms with Gasteiger partial charge in [0.05, 0.1) is 12.7 Å². The van der Waals surface area contributed by atoms with Crippen molar-refractivity contribution >= 4 is 12.0 Å². The maximum absolute atomic E-state index is 5.38. The molecule has 0 amide bonds. The normalized spacial score (nSPS) is 10.9. The molecule has 0 aliphatic heterocycles. The average molecular weight is 200 g/mol. The van der Waals surface area contributed by atoms with Crippen LogP contribution in [0.4, 0.5) is 12.0 Å². The molecule has 1 heterocycles. The van der Waals surface area contributed by atoms with Crippen LogP contribution in [0.15, 0.2) is 4.42 Å². The minimum absolute atomic E-state index is 0.0802. The number of nitrogens with zero attached hydrogens (tertiary/aromatic N) is 3. The highest BCUT2D eigenvalue weighted by atomic mass is 16.5. The quantitative estimate of drug-likeness (QED) is 0.746.